The van der Waals surface area contributed by atoms with Crippen molar-refractivity contribution in [3.05, 3.63) is 59.5 Å². The molecule has 1 atom stereocenters. The number of pyridine rings is 1. The van der Waals surface area contributed by atoms with E-state index in [1.807, 2.05) is 36.4 Å². The maximum Gasteiger partial charge on any atom is 0.414 e. The first kappa shape index (κ1) is 15.3. The molecule has 1 N–H and O–H groups in total. The van der Waals surface area contributed by atoms with Crippen LogP contribution in [-0.2, 0) is 28.8 Å². The van der Waals surface area contributed by atoms with E-state index in [1.165, 1.54) is 0 Å². The maximum absolute atomic E-state index is 11.6. The monoisotopic (exact) mass is 337 g/mol. The number of nitrogens with zero attached hydrogens (tertiary/aromatic N) is 2. The number of hydrogen-bond donors (Lipinski definition) is 1. The number of rotatable bonds is 5. The molecule has 4 rings (SSSR count). The zero-order valence-corrected chi connectivity index (χ0v) is 13.3. The minimum atomic E-state index is -0.795. The highest BCUT2D eigenvalue weighted by atomic mass is 16.6. The number of imide groups is 1. The Morgan fingerprint density at radius 1 is 1.12 bits per heavy atom. The Kier molecular flexibility index (Phi) is 3.89. The van der Waals surface area contributed by atoms with Gasteiger partial charge >= 0.3 is 6.09 Å². The third-order valence-electron chi connectivity index (χ3n) is 4.14. The Hall–Kier alpha value is -3.22. The number of amides is 2. The molecule has 3 heterocycles. The highest BCUT2D eigenvalue weighted by Crippen LogP contribution is 2.22. The molecule has 7 heteroatoms. The van der Waals surface area contributed by atoms with Gasteiger partial charge in [-0.15, -0.1) is 0 Å². The lowest BCUT2D eigenvalue weighted by atomic mass is 10.0. The van der Waals surface area contributed by atoms with E-state index in [4.69, 9.17) is 9.26 Å². The molecule has 2 aromatic heterocycles. The smallest absolute Gasteiger partial charge is 0.414 e. The normalized spacial score (nSPS) is 16.9. The average Bonchev–Trinajstić information content (AvgIpc) is 3.16. The van der Waals surface area contributed by atoms with Gasteiger partial charge in [-0.05, 0) is 42.7 Å². The molecule has 1 saturated heterocycles. The van der Waals surface area contributed by atoms with Crippen LogP contribution < -0.4 is 5.32 Å². The summed E-state index contributed by atoms with van der Waals surface area (Å²) < 4.78 is 10.3. The summed E-state index contributed by atoms with van der Waals surface area (Å²) in [5.41, 5.74) is 3.37. The second-order valence-electron chi connectivity index (χ2n) is 5.87. The molecule has 1 aromatic carbocycles. The van der Waals surface area contributed by atoms with Gasteiger partial charge in [0.15, 0.2) is 11.7 Å². The van der Waals surface area contributed by atoms with E-state index in [2.05, 4.69) is 15.5 Å². The van der Waals surface area contributed by atoms with Crippen LogP contribution in [0.25, 0.3) is 11.0 Å². The second-order valence-corrected chi connectivity index (χ2v) is 5.87. The molecule has 0 saturated carbocycles. The van der Waals surface area contributed by atoms with E-state index in [9.17, 15) is 9.59 Å². The molecule has 0 aliphatic carbocycles. The van der Waals surface area contributed by atoms with E-state index in [-0.39, 0.29) is 0 Å². The lowest BCUT2D eigenvalue weighted by Crippen LogP contribution is -2.25. The Bertz CT molecular complexity index is 936. The van der Waals surface area contributed by atoms with Crippen LogP contribution in [0.1, 0.15) is 17.0 Å². The summed E-state index contributed by atoms with van der Waals surface area (Å²) >= 11 is 0. The first-order valence-corrected chi connectivity index (χ1v) is 7.97. The Morgan fingerprint density at radius 2 is 2.04 bits per heavy atom. The third kappa shape index (κ3) is 3.21. The number of ether oxygens (including phenoxy) is 1. The molecule has 1 aliphatic heterocycles. The van der Waals surface area contributed by atoms with E-state index in [1.54, 1.807) is 6.20 Å². The van der Waals surface area contributed by atoms with E-state index >= 15 is 0 Å². The van der Waals surface area contributed by atoms with Gasteiger partial charge in [-0.3, -0.25) is 15.1 Å². The molecule has 1 unspecified atom stereocenters. The predicted molar refractivity (Wildman–Crippen MR) is 87.8 cm³/mol. The molecule has 1 aliphatic rings. The summed E-state index contributed by atoms with van der Waals surface area (Å²) in [6.07, 6.45) is 2.09. The standard InChI is InChI=1S/C18H15N3O4/c22-17-16(24-18(23)20-17)10-11-4-6-13-14(21-25-15(13)9-11)7-5-12-3-1-2-8-19-12/h1-4,6,8-9,16H,5,7,10H2,(H,20,22,23). The molecule has 0 spiro atoms. The first-order valence-electron chi connectivity index (χ1n) is 7.97. The average molecular weight is 337 g/mol. The second kappa shape index (κ2) is 6.35. The quantitative estimate of drug-likeness (QED) is 0.767. The summed E-state index contributed by atoms with van der Waals surface area (Å²) in [4.78, 5) is 27.0. The topological polar surface area (TPSA) is 94.3 Å². The number of hydrogen-bond acceptors (Lipinski definition) is 6. The highest BCUT2D eigenvalue weighted by molar-refractivity contribution is 6.00. The van der Waals surface area contributed by atoms with Crippen LogP contribution in [0.2, 0.25) is 0 Å². The molecule has 0 bridgehead atoms. The summed E-state index contributed by atoms with van der Waals surface area (Å²) in [5, 5.41) is 7.20. The lowest BCUT2D eigenvalue weighted by molar-refractivity contribution is -0.123. The maximum atomic E-state index is 11.6. The zero-order chi connectivity index (χ0) is 17.2. The van der Waals surface area contributed by atoms with Gasteiger partial charge in [0.05, 0.1) is 5.69 Å². The van der Waals surface area contributed by atoms with Crippen LogP contribution in [0.15, 0.2) is 47.1 Å². The summed E-state index contributed by atoms with van der Waals surface area (Å²) in [6, 6.07) is 11.5. The molecular weight excluding hydrogens is 322 g/mol. The molecule has 2 amide bonds. The van der Waals surface area contributed by atoms with Crippen LogP contribution in [-0.4, -0.2) is 28.2 Å². The van der Waals surface area contributed by atoms with E-state index < -0.39 is 18.1 Å². The summed E-state index contributed by atoms with van der Waals surface area (Å²) in [7, 11) is 0. The highest BCUT2D eigenvalue weighted by Gasteiger charge is 2.32. The minimum absolute atomic E-state index is 0.303. The minimum Gasteiger partial charge on any atom is -0.435 e. The number of nitrogens with one attached hydrogen (secondary N) is 1. The van der Waals surface area contributed by atoms with Crippen molar-refractivity contribution in [3.8, 4) is 0 Å². The van der Waals surface area contributed by atoms with Gasteiger partial charge < -0.3 is 9.26 Å². The number of fused-ring (bicyclic) bond motifs is 1. The third-order valence-corrected chi connectivity index (χ3v) is 4.14. The van der Waals surface area contributed by atoms with Crippen LogP contribution in [0, 0.1) is 0 Å². The summed E-state index contributed by atoms with van der Waals surface area (Å²) in [6.45, 7) is 0. The molecule has 7 nitrogen and oxygen atoms in total. The van der Waals surface area contributed by atoms with Crippen molar-refractivity contribution in [1.29, 1.82) is 0 Å². The van der Waals surface area contributed by atoms with Crippen molar-refractivity contribution in [3.63, 3.8) is 0 Å². The molecular formula is C18H15N3O4. The fourth-order valence-corrected chi connectivity index (χ4v) is 2.88. The summed E-state index contributed by atoms with van der Waals surface area (Å²) in [5.74, 6) is -0.418. The van der Waals surface area contributed by atoms with Gasteiger partial charge in [0.25, 0.3) is 5.91 Å². The Morgan fingerprint density at radius 3 is 2.80 bits per heavy atom. The number of carbonyl (C=O) groups excluding carboxylic acids is 2. The van der Waals surface area contributed by atoms with Crippen LogP contribution >= 0.6 is 0 Å². The molecule has 0 radical (unpaired) electrons. The lowest BCUT2D eigenvalue weighted by Gasteiger charge is -2.05. The van der Waals surface area contributed by atoms with Gasteiger partial charge in [0, 0.05) is 23.7 Å². The first-order chi connectivity index (χ1) is 12.2. The fraction of sp³-hybridized carbons (Fsp3) is 0.222. The molecule has 3 aromatic rings. The number of alkyl carbamates (subject to hydrolysis) is 1. The van der Waals surface area contributed by atoms with Crippen molar-refractivity contribution < 1.29 is 18.8 Å². The van der Waals surface area contributed by atoms with Crippen LogP contribution in [0.4, 0.5) is 4.79 Å². The van der Waals surface area contributed by atoms with E-state index in [0.717, 1.165) is 35.2 Å². The van der Waals surface area contributed by atoms with E-state index in [0.29, 0.717) is 12.0 Å². The van der Waals surface area contributed by atoms with Gasteiger partial charge in [-0.2, -0.15) is 0 Å². The van der Waals surface area contributed by atoms with Crippen molar-refractivity contribution >= 4 is 23.0 Å². The van der Waals surface area contributed by atoms with Gasteiger partial charge in [0.2, 0.25) is 0 Å². The van der Waals surface area contributed by atoms with Crippen LogP contribution in [0.3, 0.4) is 0 Å². The predicted octanol–water partition coefficient (Wildman–Crippen LogP) is 2.19. The molecule has 1 fully saturated rings. The van der Waals surface area contributed by atoms with Crippen molar-refractivity contribution in [2.24, 2.45) is 0 Å². The van der Waals surface area contributed by atoms with Crippen molar-refractivity contribution in [2.75, 3.05) is 0 Å². The number of cyclic esters (lactones) is 1. The van der Waals surface area contributed by atoms with Crippen molar-refractivity contribution in [2.45, 2.75) is 25.4 Å². The number of benzene rings is 1. The SMILES string of the molecule is O=C1NC(=O)C(Cc2ccc3c(CCc4ccccn4)noc3c2)O1. The Balaban J connectivity index is 1.49. The number of carbonyl (C=O) groups is 2. The van der Waals surface area contributed by atoms with Gasteiger partial charge in [-0.25, -0.2) is 4.79 Å². The van der Waals surface area contributed by atoms with Crippen LogP contribution in [0.5, 0.6) is 0 Å². The van der Waals surface area contributed by atoms with Gasteiger partial charge in [-0.1, -0.05) is 17.3 Å². The Labute approximate surface area is 143 Å². The van der Waals surface area contributed by atoms with Crippen molar-refractivity contribution in [1.82, 2.24) is 15.5 Å². The number of aryl methyl sites for hydroxylation is 2. The fourth-order valence-electron chi connectivity index (χ4n) is 2.88. The molecule has 126 valence electrons. The zero-order valence-electron chi connectivity index (χ0n) is 13.3. The number of aromatic nitrogens is 2. The molecule has 25 heavy (non-hydrogen) atoms. The van der Waals surface area contributed by atoms with Gasteiger partial charge in [0.1, 0.15) is 0 Å². The largest absolute Gasteiger partial charge is 0.435 e.